The summed E-state index contributed by atoms with van der Waals surface area (Å²) in [6, 6.07) is 3.26. The molecule has 7 heteroatoms. The third-order valence-corrected chi connectivity index (χ3v) is 3.72. The van der Waals surface area contributed by atoms with E-state index in [9.17, 15) is 19.8 Å². The third kappa shape index (κ3) is 3.25. The molecule has 3 N–H and O–H groups in total. The van der Waals surface area contributed by atoms with Crippen LogP contribution in [0.4, 0.5) is 0 Å². The predicted molar refractivity (Wildman–Crippen MR) is 74.3 cm³/mol. The average molecular weight is 294 g/mol. The zero-order valence-electron chi connectivity index (χ0n) is 11.7. The maximum Gasteiger partial charge on any atom is 0.320 e. The number of rotatable bonds is 3. The molecule has 0 aromatic heterocycles. The van der Waals surface area contributed by atoms with Gasteiger partial charge in [0.25, 0.3) is 5.91 Å². The molecule has 114 valence electrons. The molecule has 7 nitrogen and oxygen atoms in total. The van der Waals surface area contributed by atoms with E-state index >= 15 is 0 Å². The van der Waals surface area contributed by atoms with Gasteiger partial charge < -0.3 is 20.2 Å². The summed E-state index contributed by atoms with van der Waals surface area (Å²) in [5.74, 6) is -1.58. The molecule has 0 aliphatic carbocycles. The van der Waals surface area contributed by atoms with E-state index in [1.807, 2.05) is 0 Å². The van der Waals surface area contributed by atoms with E-state index in [0.717, 1.165) is 6.07 Å². The van der Waals surface area contributed by atoms with E-state index in [2.05, 4.69) is 0 Å². The number of nitrogens with zero attached hydrogens (tertiary/aromatic N) is 2. The molecule has 21 heavy (non-hydrogen) atoms. The van der Waals surface area contributed by atoms with E-state index in [4.69, 9.17) is 5.11 Å². The quantitative estimate of drug-likeness (QED) is 0.742. The highest BCUT2D eigenvalue weighted by molar-refractivity contribution is 5.97. The van der Waals surface area contributed by atoms with Gasteiger partial charge in [-0.3, -0.25) is 14.5 Å². The maximum atomic E-state index is 12.3. The first-order valence-electron chi connectivity index (χ1n) is 6.68. The van der Waals surface area contributed by atoms with Crippen LogP contribution in [-0.2, 0) is 4.79 Å². The Hall–Kier alpha value is -2.28. The number of amides is 1. The number of phenolic OH excluding ortho intramolecular Hbond substituents is 2. The second-order valence-electron chi connectivity index (χ2n) is 5.04. The number of hydrogen-bond donors (Lipinski definition) is 3. The first kappa shape index (κ1) is 15.1. The van der Waals surface area contributed by atoms with E-state index in [1.165, 1.54) is 12.1 Å². The van der Waals surface area contributed by atoms with Crippen molar-refractivity contribution >= 4 is 11.9 Å². The van der Waals surface area contributed by atoms with Crippen LogP contribution in [0.2, 0.25) is 0 Å². The molecule has 1 unspecified atom stereocenters. The molecular formula is C14H18N2O5. The van der Waals surface area contributed by atoms with Crippen LogP contribution in [0.15, 0.2) is 18.2 Å². The fraction of sp³-hybridized carbons (Fsp3) is 0.429. The van der Waals surface area contributed by atoms with Gasteiger partial charge in [0, 0.05) is 32.2 Å². The summed E-state index contributed by atoms with van der Waals surface area (Å²) in [4.78, 5) is 26.6. The van der Waals surface area contributed by atoms with Crippen molar-refractivity contribution in [2.75, 3.05) is 26.2 Å². The van der Waals surface area contributed by atoms with Gasteiger partial charge in [-0.25, -0.2) is 0 Å². The van der Waals surface area contributed by atoms with Crippen LogP contribution in [0, 0.1) is 0 Å². The minimum atomic E-state index is -0.883. The lowest BCUT2D eigenvalue weighted by Gasteiger charge is -2.36. The molecule has 0 spiro atoms. The van der Waals surface area contributed by atoms with Crippen molar-refractivity contribution in [1.82, 2.24) is 9.80 Å². The molecule has 1 saturated heterocycles. The second kappa shape index (κ2) is 6.01. The Kier molecular flexibility index (Phi) is 4.32. The second-order valence-corrected chi connectivity index (χ2v) is 5.04. The minimum absolute atomic E-state index is 0.107. The Labute approximate surface area is 122 Å². The van der Waals surface area contributed by atoms with Crippen molar-refractivity contribution in [3.05, 3.63) is 23.8 Å². The Morgan fingerprint density at radius 1 is 1.14 bits per heavy atom. The lowest BCUT2D eigenvalue weighted by atomic mass is 10.1. The van der Waals surface area contributed by atoms with Crippen LogP contribution in [0.5, 0.6) is 11.5 Å². The zero-order valence-corrected chi connectivity index (χ0v) is 11.7. The number of carboxylic acids is 1. The molecule has 1 aromatic carbocycles. The molecule has 1 aliphatic heterocycles. The first-order chi connectivity index (χ1) is 9.90. The monoisotopic (exact) mass is 294 g/mol. The lowest BCUT2D eigenvalue weighted by molar-refractivity contribution is -0.143. The number of carboxylic acid groups (broad SMARTS) is 1. The van der Waals surface area contributed by atoms with Gasteiger partial charge in [-0.05, 0) is 19.1 Å². The minimum Gasteiger partial charge on any atom is -0.508 e. The van der Waals surface area contributed by atoms with Gasteiger partial charge in [-0.2, -0.15) is 0 Å². The van der Waals surface area contributed by atoms with E-state index in [0.29, 0.717) is 26.2 Å². The standard InChI is InChI=1S/C14H18N2O5/c1-9(14(20)21)15-4-6-16(7-5-15)13(19)11-3-2-10(17)8-12(11)18/h2-3,8-9,17-18H,4-7H2,1H3,(H,20,21). The SMILES string of the molecule is CC(C(=O)O)N1CCN(C(=O)c2ccc(O)cc2O)CC1. The Balaban J connectivity index is 2.02. The highest BCUT2D eigenvalue weighted by Crippen LogP contribution is 2.24. The number of carbonyl (C=O) groups excluding carboxylic acids is 1. The van der Waals surface area contributed by atoms with Crippen molar-refractivity contribution in [1.29, 1.82) is 0 Å². The number of hydrogen-bond acceptors (Lipinski definition) is 5. The molecule has 1 aliphatic rings. The summed E-state index contributed by atoms with van der Waals surface area (Å²) in [6.45, 7) is 3.36. The molecule has 1 amide bonds. The van der Waals surface area contributed by atoms with E-state index < -0.39 is 12.0 Å². The van der Waals surface area contributed by atoms with Gasteiger partial charge in [-0.15, -0.1) is 0 Å². The Bertz CT molecular complexity index is 552. The van der Waals surface area contributed by atoms with Crippen LogP contribution < -0.4 is 0 Å². The topological polar surface area (TPSA) is 101 Å². The molecule has 1 fully saturated rings. The summed E-state index contributed by atoms with van der Waals surface area (Å²) >= 11 is 0. The number of phenols is 2. The van der Waals surface area contributed by atoms with Crippen LogP contribution in [0.3, 0.4) is 0 Å². The Morgan fingerprint density at radius 2 is 1.76 bits per heavy atom. The van der Waals surface area contributed by atoms with Crippen LogP contribution >= 0.6 is 0 Å². The van der Waals surface area contributed by atoms with Gasteiger partial charge in [0.05, 0.1) is 5.56 Å². The number of aliphatic carboxylic acids is 1. The molecule has 1 atom stereocenters. The number of carbonyl (C=O) groups is 2. The van der Waals surface area contributed by atoms with Gasteiger partial charge in [0.15, 0.2) is 0 Å². The molecule has 2 rings (SSSR count). The number of aromatic hydroxyl groups is 2. The van der Waals surface area contributed by atoms with Crippen LogP contribution in [-0.4, -0.2) is 69.2 Å². The largest absolute Gasteiger partial charge is 0.508 e. The number of piperazine rings is 1. The van der Waals surface area contributed by atoms with Crippen LogP contribution in [0.25, 0.3) is 0 Å². The highest BCUT2D eigenvalue weighted by atomic mass is 16.4. The summed E-state index contributed by atoms with van der Waals surface area (Å²) in [7, 11) is 0. The lowest BCUT2D eigenvalue weighted by Crippen LogP contribution is -2.53. The summed E-state index contributed by atoms with van der Waals surface area (Å²) in [5.41, 5.74) is 0.132. The fourth-order valence-corrected chi connectivity index (χ4v) is 2.34. The van der Waals surface area contributed by atoms with Gasteiger partial charge in [0.2, 0.25) is 0 Å². The smallest absolute Gasteiger partial charge is 0.320 e. The Morgan fingerprint density at radius 3 is 2.29 bits per heavy atom. The van der Waals surface area contributed by atoms with Crippen molar-refractivity contribution in [3.63, 3.8) is 0 Å². The predicted octanol–water partition coefficient (Wildman–Crippen LogP) is 0.329. The zero-order chi connectivity index (χ0) is 15.6. The molecule has 1 aromatic rings. The van der Waals surface area contributed by atoms with Gasteiger partial charge in [0.1, 0.15) is 17.5 Å². The fourth-order valence-electron chi connectivity index (χ4n) is 2.34. The van der Waals surface area contributed by atoms with Gasteiger partial charge >= 0.3 is 5.97 Å². The third-order valence-electron chi connectivity index (χ3n) is 3.72. The molecule has 0 saturated carbocycles. The molecule has 0 radical (unpaired) electrons. The van der Waals surface area contributed by atoms with Crippen LogP contribution in [0.1, 0.15) is 17.3 Å². The summed E-state index contributed by atoms with van der Waals surface area (Å²) in [6.07, 6.45) is 0. The van der Waals surface area contributed by atoms with E-state index in [-0.39, 0.29) is 23.0 Å². The summed E-state index contributed by atoms with van der Waals surface area (Å²) in [5, 5.41) is 27.9. The van der Waals surface area contributed by atoms with Crippen molar-refractivity contribution in [2.24, 2.45) is 0 Å². The average Bonchev–Trinajstić information content (AvgIpc) is 2.46. The molecule has 0 bridgehead atoms. The van der Waals surface area contributed by atoms with Crippen molar-refractivity contribution in [3.8, 4) is 11.5 Å². The molecule has 1 heterocycles. The first-order valence-corrected chi connectivity index (χ1v) is 6.68. The number of benzene rings is 1. The van der Waals surface area contributed by atoms with Crippen molar-refractivity contribution in [2.45, 2.75) is 13.0 Å². The summed E-state index contributed by atoms with van der Waals surface area (Å²) < 4.78 is 0. The maximum absolute atomic E-state index is 12.3. The van der Waals surface area contributed by atoms with E-state index in [1.54, 1.807) is 16.7 Å². The molecular weight excluding hydrogens is 276 g/mol. The van der Waals surface area contributed by atoms with Gasteiger partial charge in [-0.1, -0.05) is 0 Å². The van der Waals surface area contributed by atoms with Crippen molar-refractivity contribution < 1.29 is 24.9 Å². The normalized spacial score (nSPS) is 17.5. The highest BCUT2D eigenvalue weighted by Gasteiger charge is 2.28.